The van der Waals surface area contributed by atoms with Crippen molar-refractivity contribution in [2.75, 3.05) is 0 Å². The van der Waals surface area contributed by atoms with Crippen LogP contribution in [0, 0.1) is 0 Å². The van der Waals surface area contributed by atoms with Gasteiger partial charge in [0.15, 0.2) is 0 Å². The van der Waals surface area contributed by atoms with Crippen LogP contribution in [0.4, 0.5) is 0 Å². The van der Waals surface area contributed by atoms with Gasteiger partial charge in [-0.05, 0) is 17.6 Å². The van der Waals surface area contributed by atoms with Crippen LogP contribution in [0.1, 0.15) is 70.3 Å². The van der Waals surface area contributed by atoms with Gasteiger partial charge < -0.3 is 10.2 Å². The molecule has 0 saturated carbocycles. The lowest BCUT2D eigenvalue weighted by Crippen LogP contribution is -2.12. The van der Waals surface area contributed by atoms with E-state index in [0.717, 1.165) is 19.3 Å². The molecule has 5 heteroatoms. The molecular formula is C21H28O5. The van der Waals surface area contributed by atoms with Gasteiger partial charge in [-0.1, -0.05) is 69.4 Å². The molecule has 5 nitrogen and oxygen atoms in total. The molecule has 0 saturated heterocycles. The Morgan fingerprint density at radius 1 is 0.846 bits per heavy atom. The minimum absolute atomic E-state index is 0.0477. The zero-order valence-corrected chi connectivity index (χ0v) is 15.4. The summed E-state index contributed by atoms with van der Waals surface area (Å²) in [6, 6.07) is 8.69. The van der Waals surface area contributed by atoms with Crippen molar-refractivity contribution in [1.29, 1.82) is 0 Å². The SMILES string of the molecule is CCCCCCCCC(=O)CC(=C(CC(=O)O)C(=O)O)c1ccccc1. The fraction of sp³-hybridized carbons (Fsp3) is 0.476. The predicted octanol–water partition coefficient (Wildman–Crippen LogP) is 4.71. The number of aliphatic carboxylic acids is 2. The van der Waals surface area contributed by atoms with Gasteiger partial charge in [-0.2, -0.15) is 0 Å². The van der Waals surface area contributed by atoms with Crippen LogP contribution in [0.5, 0.6) is 0 Å². The Balaban J connectivity index is 2.85. The number of ketones is 1. The highest BCUT2D eigenvalue weighted by Crippen LogP contribution is 2.26. The van der Waals surface area contributed by atoms with Crippen LogP contribution in [-0.4, -0.2) is 27.9 Å². The second kappa shape index (κ2) is 12.0. The van der Waals surface area contributed by atoms with Gasteiger partial charge in [-0.25, -0.2) is 4.79 Å². The van der Waals surface area contributed by atoms with Gasteiger partial charge in [0, 0.05) is 12.8 Å². The molecule has 0 aromatic heterocycles. The number of carboxylic acid groups (broad SMARTS) is 2. The first kappa shape index (κ1) is 21.6. The van der Waals surface area contributed by atoms with E-state index in [4.69, 9.17) is 5.11 Å². The highest BCUT2D eigenvalue weighted by molar-refractivity contribution is 6.04. The Morgan fingerprint density at radius 2 is 1.46 bits per heavy atom. The molecule has 1 aromatic carbocycles. The summed E-state index contributed by atoms with van der Waals surface area (Å²) in [5, 5.41) is 18.5. The van der Waals surface area contributed by atoms with Crippen molar-refractivity contribution < 1.29 is 24.6 Å². The van der Waals surface area contributed by atoms with E-state index in [1.54, 1.807) is 30.3 Å². The molecule has 0 heterocycles. The molecular weight excluding hydrogens is 332 g/mol. The molecule has 1 aromatic rings. The molecule has 142 valence electrons. The summed E-state index contributed by atoms with van der Waals surface area (Å²) < 4.78 is 0. The highest BCUT2D eigenvalue weighted by atomic mass is 16.4. The number of hydrogen-bond donors (Lipinski definition) is 2. The number of unbranched alkanes of at least 4 members (excludes halogenated alkanes) is 5. The van der Waals surface area contributed by atoms with Crippen LogP contribution in [0.25, 0.3) is 5.57 Å². The first-order valence-corrected chi connectivity index (χ1v) is 9.20. The molecule has 0 bridgehead atoms. The molecule has 0 radical (unpaired) electrons. The van der Waals surface area contributed by atoms with E-state index >= 15 is 0 Å². The van der Waals surface area contributed by atoms with E-state index in [1.807, 2.05) is 0 Å². The predicted molar refractivity (Wildman–Crippen MR) is 101 cm³/mol. The first-order valence-electron chi connectivity index (χ1n) is 9.20. The lowest BCUT2D eigenvalue weighted by atomic mass is 9.92. The second-order valence-electron chi connectivity index (χ2n) is 6.43. The highest BCUT2D eigenvalue weighted by Gasteiger charge is 2.21. The summed E-state index contributed by atoms with van der Waals surface area (Å²) >= 11 is 0. The van der Waals surface area contributed by atoms with Gasteiger partial charge in [-0.15, -0.1) is 0 Å². The van der Waals surface area contributed by atoms with Crippen molar-refractivity contribution in [2.45, 2.75) is 64.7 Å². The molecule has 1 rings (SSSR count). The van der Waals surface area contributed by atoms with Crippen molar-refractivity contribution in [3.8, 4) is 0 Å². The summed E-state index contributed by atoms with van der Waals surface area (Å²) in [6.45, 7) is 2.15. The Morgan fingerprint density at radius 3 is 2.04 bits per heavy atom. The van der Waals surface area contributed by atoms with Gasteiger partial charge in [0.05, 0.1) is 12.0 Å². The van der Waals surface area contributed by atoms with E-state index in [2.05, 4.69) is 6.92 Å². The van der Waals surface area contributed by atoms with E-state index in [1.165, 1.54) is 19.3 Å². The Labute approximate surface area is 154 Å². The summed E-state index contributed by atoms with van der Waals surface area (Å²) in [5.74, 6) is -2.57. The van der Waals surface area contributed by atoms with Crippen LogP contribution < -0.4 is 0 Å². The van der Waals surface area contributed by atoms with E-state index in [9.17, 15) is 19.5 Å². The fourth-order valence-electron chi connectivity index (χ4n) is 2.87. The summed E-state index contributed by atoms with van der Waals surface area (Å²) in [6.07, 6.45) is 6.14. The maximum Gasteiger partial charge on any atom is 0.332 e. The van der Waals surface area contributed by atoms with Crippen LogP contribution in [0.15, 0.2) is 35.9 Å². The average Bonchev–Trinajstić information content (AvgIpc) is 2.61. The third-order valence-electron chi connectivity index (χ3n) is 4.26. The first-order chi connectivity index (χ1) is 12.5. The minimum Gasteiger partial charge on any atom is -0.481 e. The topological polar surface area (TPSA) is 91.7 Å². The number of carboxylic acids is 2. The maximum atomic E-state index is 12.4. The second-order valence-corrected chi connectivity index (χ2v) is 6.43. The van der Waals surface area contributed by atoms with Crippen molar-refractivity contribution in [1.82, 2.24) is 0 Å². The molecule has 2 N–H and O–H groups in total. The number of allylic oxidation sites excluding steroid dienone is 1. The number of rotatable bonds is 13. The van der Waals surface area contributed by atoms with Gasteiger partial charge in [0.2, 0.25) is 0 Å². The average molecular weight is 360 g/mol. The molecule has 0 aliphatic carbocycles. The smallest absolute Gasteiger partial charge is 0.332 e. The number of carbonyl (C=O) groups is 3. The van der Waals surface area contributed by atoms with Crippen molar-refractivity contribution in [2.24, 2.45) is 0 Å². The lowest BCUT2D eigenvalue weighted by molar-refractivity contribution is -0.139. The van der Waals surface area contributed by atoms with E-state index in [-0.39, 0.29) is 17.8 Å². The monoisotopic (exact) mass is 360 g/mol. The standard InChI is InChI=1S/C21H28O5/c1-2-3-4-5-6-10-13-17(22)14-18(16-11-8-7-9-12-16)19(21(25)26)15-20(23)24/h7-9,11-12H,2-6,10,13-15H2,1H3,(H,23,24)(H,25,26). The van der Waals surface area contributed by atoms with E-state index in [0.29, 0.717) is 17.6 Å². The molecule has 0 amide bonds. The Kier molecular flexibility index (Phi) is 9.98. The zero-order valence-electron chi connectivity index (χ0n) is 15.4. The zero-order chi connectivity index (χ0) is 19.4. The van der Waals surface area contributed by atoms with E-state index < -0.39 is 18.4 Å². The van der Waals surface area contributed by atoms with Crippen LogP contribution >= 0.6 is 0 Å². The third kappa shape index (κ3) is 8.10. The summed E-state index contributed by atoms with van der Waals surface area (Å²) in [7, 11) is 0. The number of benzene rings is 1. The van der Waals surface area contributed by atoms with Crippen LogP contribution in [-0.2, 0) is 14.4 Å². The number of carbonyl (C=O) groups excluding carboxylic acids is 1. The molecule has 0 aliphatic heterocycles. The quantitative estimate of drug-likeness (QED) is 0.393. The maximum absolute atomic E-state index is 12.4. The molecule has 0 unspecified atom stereocenters. The summed E-state index contributed by atoms with van der Waals surface area (Å²) in [4.78, 5) is 35.0. The van der Waals surface area contributed by atoms with Crippen molar-refractivity contribution in [3.05, 3.63) is 41.5 Å². The minimum atomic E-state index is -1.29. The molecule has 0 atom stereocenters. The van der Waals surface area contributed by atoms with Gasteiger partial charge in [-0.3, -0.25) is 9.59 Å². The van der Waals surface area contributed by atoms with Gasteiger partial charge >= 0.3 is 11.9 Å². The molecule has 0 aliphatic rings. The Hall–Kier alpha value is -2.43. The molecule has 0 spiro atoms. The van der Waals surface area contributed by atoms with Gasteiger partial charge in [0.25, 0.3) is 0 Å². The van der Waals surface area contributed by atoms with Crippen molar-refractivity contribution >= 4 is 23.3 Å². The lowest BCUT2D eigenvalue weighted by Gasteiger charge is -2.12. The largest absolute Gasteiger partial charge is 0.481 e. The third-order valence-corrected chi connectivity index (χ3v) is 4.26. The normalized spacial score (nSPS) is 11.7. The van der Waals surface area contributed by atoms with Crippen LogP contribution in [0.2, 0.25) is 0 Å². The van der Waals surface area contributed by atoms with Crippen molar-refractivity contribution in [3.63, 3.8) is 0 Å². The number of hydrogen-bond acceptors (Lipinski definition) is 3. The van der Waals surface area contributed by atoms with Gasteiger partial charge in [0.1, 0.15) is 5.78 Å². The van der Waals surface area contributed by atoms with Crippen LogP contribution in [0.3, 0.4) is 0 Å². The molecule has 26 heavy (non-hydrogen) atoms. The summed E-state index contributed by atoms with van der Waals surface area (Å²) in [5.41, 5.74) is 0.666. The molecule has 0 fully saturated rings. The Bertz CT molecular complexity index is 631. The number of Topliss-reactive ketones (excluding diaryl/α,β-unsaturated/α-hetero) is 1. The fourth-order valence-corrected chi connectivity index (χ4v) is 2.87.